The third-order valence-electron chi connectivity index (χ3n) is 9.94. The number of rotatable bonds is 3. The Balaban J connectivity index is 1.31. The van der Waals surface area contributed by atoms with E-state index in [-0.39, 0.29) is 0 Å². The van der Waals surface area contributed by atoms with Crippen molar-refractivity contribution in [2.24, 2.45) is 0 Å². The Hall–Kier alpha value is -5.98. The molecule has 9 aromatic carbocycles. The molecular formula is C46H28. The van der Waals surface area contributed by atoms with Gasteiger partial charge in [-0.1, -0.05) is 146 Å². The molecule has 1 aliphatic carbocycles. The second kappa shape index (κ2) is 9.76. The molecular weight excluding hydrogens is 553 g/mol. The summed E-state index contributed by atoms with van der Waals surface area (Å²) in [6, 6.07) is 62.9. The van der Waals surface area contributed by atoms with Crippen LogP contribution in [0.25, 0.3) is 98.7 Å². The molecule has 0 spiro atoms. The Bertz CT molecular complexity index is 2670. The minimum absolute atomic E-state index is 1.22. The summed E-state index contributed by atoms with van der Waals surface area (Å²) in [6.07, 6.45) is 0. The zero-order valence-corrected chi connectivity index (χ0v) is 25.2. The monoisotopic (exact) mass is 580 g/mol. The van der Waals surface area contributed by atoms with Crippen molar-refractivity contribution in [3.63, 3.8) is 0 Å². The molecule has 0 aromatic heterocycles. The second-order valence-corrected chi connectivity index (χ2v) is 12.5. The van der Waals surface area contributed by atoms with E-state index in [1.807, 2.05) is 0 Å². The molecule has 46 heavy (non-hydrogen) atoms. The number of hydrogen-bond acceptors (Lipinski definition) is 0. The van der Waals surface area contributed by atoms with Crippen molar-refractivity contribution in [2.75, 3.05) is 0 Å². The molecule has 9 aromatic rings. The molecule has 0 radical (unpaired) electrons. The van der Waals surface area contributed by atoms with E-state index in [2.05, 4.69) is 170 Å². The van der Waals surface area contributed by atoms with Crippen molar-refractivity contribution < 1.29 is 0 Å². The molecule has 0 amide bonds. The maximum Gasteiger partial charge on any atom is -0.00201 e. The van der Waals surface area contributed by atoms with Crippen LogP contribution in [0.2, 0.25) is 0 Å². The van der Waals surface area contributed by atoms with Crippen molar-refractivity contribution in [3.8, 4) is 55.6 Å². The van der Waals surface area contributed by atoms with Crippen molar-refractivity contribution in [2.45, 2.75) is 0 Å². The predicted molar refractivity (Wildman–Crippen MR) is 197 cm³/mol. The molecule has 0 unspecified atom stereocenters. The maximum atomic E-state index is 2.43. The van der Waals surface area contributed by atoms with Gasteiger partial charge in [0.25, 0.3) is 0 Å². The van der Waals surface area contributed by atoms with Crippen molar-refractivity contribution in [1.82, 2.24) is 0 Å². The highest BCUT2D eigenvalue weighted by atomic mass is 14.3. The molecule has 0 heterocycles. The van der Waals surface area contributed by atoms with Gasteiger partial charge in [-0.15, -0.1) is 0 Å². The molecule has 0 atom stereocenters. The van der Waals surface area contributed by atoms with Crippen LogP contribution in [0.4, 0.5) is 0 Å². The average Bonchev–Trinajstić information content (AvgIpc) is 3.46. The normalized spacial score (nSPS) is 11.9. The fraction of sp³-hybridized carbons (Fsp3) is 0. The van der Waals surface area contributed by atoms with Gasteiger partial charge < -0.3 is 0 Å². The quantitative estimate of drug-likeness (QED) is 0.144. The number of fused-ring (bicyclic) bond motifs is 7. The van der Waals surface area contributed by atoms with Gasteiger partial charge in [-0.05, 0) is 123 Å². The first-order valence-electron chi connectivity index (χ1n) is 16.0. The summed E-state index contributed by atoms with van der Waals surface area (Å²) in [5, 5.41) is 10.3. The zero-order valence-electron chi connectivity index (χ0n) is 25.2. The average molecular weight is 581 g/mol. The minimum atomic E-state index is 1.22. The van der Waals surface area contributed by atoms with E-state index in [9.17, 15) is 0 Å². The third-order valence-corrected chi connectivity index (χ3v) is 9.94. The largest absolute Gasteiger partial charge is 0.0622 e. The van der Waals surface area contributed by atoms with Gasteiger partial charge in [-0.2, -0.15) is 0 Å². The molecule has 0 saturated carbocycles. The first-order chi connectivity index (χ1) is 22.8. The van der Waals surface area contributed by atoms with E-state index in [1.54, 1.807) is 0 Å². The summed E-state index contributed by atoms with van der Waals surface area (Å²) >= 11 is 0. The molecule has 10 rings (SSSR count). The smallest absolute Gasteiger partial charge is 0.00201 e. The standard InChI is InChI=1S/C46H28/c1-2-11-29(12-3-1)33-25-34(38-19-10-21-40-39-20-8-15-31-16-9-22-42(44(31)39)46(38)40)27-35(26-33)45-37-18-7-5-14-32(37)28-43-36-17-6-4-13-30(36)23-24-41(43)45/h1-28H. The van der Waals surface area contributed by atoms with Gasteiger partial charge in [0.05, 0.1) is 0 Å². The SMILES string of the molecule is c1ccc(-c2cc(-c3cccc4c3-c3cccc5cccc-4c35)cc(-c3c4ccccc4cc4c3ccc3ccccc34)c2)cc1. The van der Waals surface area contributed by atoms with Crippen LogP contribution in [0, 0.1) is 0 Å². The van der Waals surface area contributed by atoms with Crippen molar-refractivity contribution in [3.05, 3.63) is 170 Å². The summed E-state index contributed by atoms with van der Waals surface area (Å²) in [6.45, 7) is 0. The van der Waals surface area contributed by atoms with E-state index in [0.717, 1.165) is 0 Å². The Morgan fingerprint density at radius 1 is 0.239 bits per heavy atom. The van der Waals surface area contributed by atoms with Gasteiger partial charge in [0, 0.05) is 0 Å². The van der Waals surface area contributed by atoms with Crippen LogP contribution in [0.5, 0.6) is 0 Å². The summed E-state index contributed by atoms with van der Waals surface area (Å²) in [7, 11) is 0. The molecule has 0 heteroatoms. The Morgan fingerprint density at radius 3 is 1.74 bits per heavy atom. The molecule has 0 bridgehead atoms. The van der Waals surface area contributed by atoms with Crippen molar-refractivity contribution in [1.29, 1.82) is 0 Å². The zero-order chi connectivity index (χ0) is 30.2. The highest BCUT2D eigenvalue weighted by Gasteiger charge is 2.24. The first-order valence-corrected chi connectivity index (χ1v) is 16.0. The van der Waals surface area contributed by atoms with E-state index in [1.165, 1.54) is 98.7 Å². The molecule has 0 fully saturated rings. The fourth-order valence-corrected chi connectivity index (χ4v) is 7.94. The maximum absolute atomic E-state index is 2.43. The minimum Gasteiger partial charge on any atom is -0.0622 e. The van der Waals surface area contributed by atoms with Crippen LogP contribution >= 0.6 is 0 Å². The molecule has 1 aliphatic rings. The van der Waals surface area contributed by atoms with E-state index in [4.69, 9.17) is 0 Å². The van der Waals surface area contributed by atoms with E-state index in [0.29, 0.717) is 0 Å². The van der Waals surface area contributed by atoms with Crippen molar-refractivity contribution >= 4 is 43.1 Å². The van der Waals surface area contributed by atoms with E-state index < -0.39 is 0 Å². The summed E-state index contributed by atoms with van der Waals surface area (Å²) in [5.41, 5.74) is 12.8. The highest BCUT2D eigenvalue weighted by molar-refractivity contribution is 6.21. The molecule has 0 saturated heterocycles. The van der Waals surface area contributed by atoms with Crippen LogP contribution in [0.15, 0.2) is 170 Å². The van der Waals surface area contributed by atoms with Crippen LogP contribution in [0.1, 0.15) is 0 Å². The Labute approximate surface area is 267 Å². The summed E-state index contributed by atoms with van der Waals surface area (Å²) in [5.74, 6) is 0. The lowest BCUT2D eigenvalue weighted by atomic mass is 9.85. The second-order valence-electron chi connectivity index (χ2n) is 12.5. The fourth-order valence-electron chi connectivity index (χ4n) is 7.94. The lowest BCUT2D eigenvalue weighted by Gasteiger charge is -2.18. The summed E-state index contributed by atoms with van der Waals surface area (Å²) < 4.78 is 0. The van der Waals surface area contributed by atoms with Crippen LogP contribution in [-0.4, -0.2) is 0 Å². The summed E-state index contributed by atoms with van der Waals surface area (Å²) in [4.78, 5) is 0. The van der Waals surface area contributed by atoms with Gasteiger partial charge >= 0.3 is 0 Å². The highest BCUT2D eigenvalue weighted by Crippen LogP contribution is 2.52. The van der Waals surface area contributed by atoms with E-state index >= 15 is 0 Å². The van der Waals surface area contributed by atoms with Crippen LogP contribution in [0.3, 0.4) is 0 Å². The molecule has 0 N–H and O–H groups in total. The third kappa shape index (κ3) is 3.68. The number of hydrogen-bond donors (Lipinski definition) is 0. The van der Waals surface area contributed by atoms with Crippen LogP contribution < -0.4 is 0 Å². The van der Waals surface area contributed by atoms with Gasteiger partial charge in [0.15, 0.2) is 0 Å². The van der Waals surface area contributed by atoms with Gasteiger partial charge in [0.1, 0.15) is 0 Å². The topological polar surface area (TPSA) is 0 Å². The lowest BCUT2D eigenvalue weighted by Crippen LogP contribution is -1.91. The van der Waals surface area contributed by atoms with Gasteiger partial charge in [-0.25, -0.2) is 0 Å². The predicted octanol–water partition coefficient (Wildman–Crippen LogP) is 12.9. The Kier molecular flexibility index (Phi) is 5.38. The molecule has 0 nitrogen and oxygen atoms in total. The first kappa shape index (κ1) is 25.4. The molecule has 212 valence electrons. The Morgan fingerprint density at radius 2 is 0.870 bits per heavy atom. The van der Waals surface area contributed by atoms with Gasteiger partial charge in [-0.3, -0.25) is 0 Å². The molecule has 0 aliphatic heterocycles. The van der Waals surface area contributed by atoms with Crippen LogP contribution in [-0.2, 0) is 0 Å². The van der Waals surface area contributed by atoms with Gasteiger partial charge in [0.2, 0.25) is 0 Å². The number of benzene rings is 9. The lowest BCUT2D eigenvalue weighted by molar-refractivity contribution is 1.58.